The Morgan fingerprint density at radius 3 is 2.55 bits per heavy atom. The largest absolute Gasteiger partial charge is 0.481 e. The monoisotopic (exact) mass is 284 g/mol. The van der Waals surface area contributed by atoms with E-state index in [0.717, 1.165) is 32.1 Å². The predicted octanol–water partition coefficient (Wildman–Crippen LogP) is 1.14. The summed E-state index contributed by atoms with van der Waals surface area (Å²) in [5.41, 5.74) is -0.758. The van der Waals surface area contributed by atoms with Crippen molar-refractivity contribution in [3.8, 4) is 0 Å². The highest BCUT2D eigenvalue weighted by Gasteiger charge is 2.35. The summed E-state index contributed by atoms with van der Waals surface area (Å²) in [5.74, 6) is -1.30. The van der Waals surface area contributed by atoms with E-state index in [0.29, 0.717) is 19.5 Å². The van der Waals surface area contributed by atoms with E-state index in [9.17, 15) is 14.7 Å². The average molecular weight is 284 g/mol. The van der Waals surface area contributed by atoms with E-state index in [1.807, 2.05) is 0 Å². The quantitative estimate of drug-likeness (QED) is 0.814. The molecule has 20 heavy (non-hydrogen) atoms. The smallest absolute Gasteiger partial charge is 0.319 e. The maximum absolute atomic E-state index is 12.3. The lowest BCUT2D eigenvalue weighted by atomic mass is 9.98. The highest BCUT2D eigenvalue weighted by molar-refractivity contribution is 5.76. The van der Waals surface area contributed by atoms with E-state index in [2.05, 4.69) is 0 Å². The van der Waals surface area contributed by atoms with Gasteiger partial charge in [-0.25, -0.2) is 4.79 Å². The van der Waals surface area contributed by atoms with Crippen molar-refractivity contribution in [2.75, 3.05) is 26.7 Å². The van der Waals surface area contributed by atoms with Gasteiger partial charge in [0.25, 0.3) is 0 Å². The summed E-state index contributed by atoms with van der Waals surface area (Å²) in [6.45, 7) is 1.21. The first-order valence-electron chi connectivity index (χ1n) is 7.36. The van der Waals surface area contributed by atoms with Crippen LogP contribution in [-0.4, -0.2) is 64.3 Å². The van der Waals surface area contributed by atoms with Crippen LogP contribution >= 0.6 is 0 Å². The number of piperidine rings is 1. The van der Waals surface area contributed by atoms with Crippen molar-refractivity contribution in [2.24, 2.45) is 5.92 Å². The van der Waals surface area contributed by atoms with Gasteiger partial charge in [0.2, 0.25) is 0 Å². The number of carbonyl (C=O) groups excluding carboxylic acids is 1. The van der Waals surface area contributed by atoms with Gasteiger partial charge in [0.15, 0.2) is 0 Å². The SMILES string of the molecule is CN(CC1(O)CCCC1)C(=O)N1CCCC(C(=O)O)C1. The zero-order chi connectivity index (χ0) is 14.8. The fourth-order valence-electron chi connectivity index (χ4n) is 3.29. The first kappa shape index (κ1) is 15.1. The van der Waals surface area contributed by atoms with E-state index >= 15 is 0 Å². The topological polar surface area (TPSA) is 81.1 Å². The summed E-state index contributed by atoms with van der Waals surface area (Å²) in [7, 11) is 1.68. The Hall–Kier alpha value is -1.30. The van der Waals surface area contributed by atoms with Gasteiger partial charge in [0.05, 0.1) is 18.1 Å². The molecule has 1 aliphatic carbocycles. The molecule has 6 nitrogen and oxygen atoms in total. The second-order valence-corrected chi connectivity index (χ2v) is 6.19. The molecule has 2 aliphatic rings. The van der Waals surface area contributed by atoms with Crippen molar-refractivity contribution in [3.05, 3.63) is 0 Å². The highest BCUT2D eigenvalue weighted by atomic mass is 16.4. The minimum absolute atomic E-state index is 0.170. The number of likely N-dealkylation sites (N-methyl/N-ethyl adjacent to an activating group) is 1. The van der Waals surface area contributed by atoms with Crippen molar-refractivity contribution < 1.29 is 19.8 Å². The third-order valence-electron chi connectivity index (χ3n) is 4.43. The molecule has 1 atom stereocenters. The fourth-order valence-corrected chi connectivity index (χ4v) is 3.29. The minimum Gasteiger partial charge on any atom is -0.481 e. The second kappa shape index (κ2) is 5.99. The Morgan fingerprint density at radius 2 is 1.95 bits per heavy atom. The number of rotatable bonds is 3. The fraction of sp³-hybridized carbons (Fsp3) is 0.857. The van der Waals surface area contributed by atoms with Crippen LogP contribution in [0.4, 0.5) is 4.79 Å². The molecule has 0 aromatic carbocycles. The zero-order valence-corrected chi connectivity index (χ0v) is 12.0. The first-order valence-corrected chi connectivity index (χ1v) is 7.36. The third-order valence-corrected chi connectivity index (χ3v) is 4.43. The number of nitrogens with zero attached hydrogens (tertiary/aromatic N) is 2. The van der Waals surface area contributed by atoms with Gasteiger partial charge in [-0.1, -0.05) is 12.8 Å². The summed E-state index contributed by atoms with van der Waals surface area (Å²) in [5, 5.41) is 19.4. The molecular weight excluding hydrogens is 260 g/mol. The number of hydrogen-bond donors (Lipinski definition) is 2. The molecule has 2 amide bonds. The van der Waals surface area contributed by atoms with Gasteiger partial charge in [-0.3, -0.25) is 4.79 Å². The van der Waals surface area contributed by atoms with E-state index in [1.165, 1.54) is 4.90 Å². The van der Waals surface area contributed by atoms with Crippen molar-refractivity contribution in [1.82, 2.24) is 9.80 Å². The second-order valence-electron chi connectivity index (χ2n) is 6.19. The van der Waals surface area contributed by atoms with Crippen LogP contribution in [0.1, 0.15) is 38.5 Å². The van der Waals surface area contributed by atoms with E-state index < -0.39 is 17.5 Å². The molecule has 114 valence electrons. The number of aliphatic carboxylic acids is 1. The lowest BCUT2D eigenvalue weighted by Crippen LogP contribution is -2.51. The van der Waals surface area contributed by atoms with Crippen LogP contribution in [0.15, 0.2) is 0 Å². The molecule has 1 aliphatic heterocycles. The molecule has 0 bridgehead atoms. The van der Waals surface area contributed by atoms with Gasteiger partial charge in [-0.05, 0) is 25.7 Å². The van der Waals surface area contributed by atoms with Crippen LogP contribution < -0.4 is 0 Å². The molecule has 0 aromatic rings. The van der Waals surface area contributed by atoms with Crippen LogP contribution in [0.2, 0.25) is 0 Å². The van der Waals surface area contributed by atoms with Gasteiger partial charge in [-0.15, -0.1) is 0 Å². The molecule has 2 N–H and O–H groups in total. The zero-order valence-electron chi connectivity index (χ0n) is 12.0. The Bertz CT molecular complexity index is 379. The summed E-state index contributed by atoms with van der Waals surface area (Å²) in [6, 6.07) is -0.170. The number of carboxylic acids is 1. The van der Waals surface area contributed by atoms with Gasteiger partial charge in [0.1, 0.15) is 0 Å². The molecule has 1 heterocycles. The summed E-state index contributed by atoms with van der Waals surface area (Å²) in [6.07, 6.45) is 4.84. The van der Waals surface area contributed by atoms with Crippen molar-refractivity contribution in [2.45, 2.75) is 44.1 Å². The molecule has 0 radical (unpaired) electrons. The summed E-state index contributed by atoms with van der Waals surface area (Å²) < 4.78 is 0. The van der Waals surface area contributed by atoms with Crippen LogP contribution in [0, 0.1) is 5.92 Å². The van der Waals surface area contributed by atoms with Crippen LogP contribution in [0.3, 0.4) is 0 Å². The highest BCUT2D eigenvalue weighted by Crippen LogP contribution is 2.30. The molecule has 1 saturated carbocycles. The molecular formula is C14H24N2O4. The van der Waals surface area contributed by atoms with E-state index in [1.54, 1.807) is 11.9 Å². The molecule has 0 aromatic heterocycles. The molecule has 2 fully saturated rings. The third kappa shape index (κ3) is 3.42. The van der Waals surface area contributed by atoms with Crippen molar-refractivity contribution in [1.29, 1.82) is 0 Å². The van der Waals surface area contributed by atoms with Gasteiger partial charge in [0, 0.05) is 20.1 Å². The number of carbonyl (C=O) groups is 2. The number of urea groups is 1. The molecule has 6 heteroatoms. The van der Waals surface area contributed by atoms with Crippen molar-refractivity contribution in [3.63, 3.8) is 0 Å². The standard InChI is InChI=1S/C14H24N2O4/c1-15(10-14(20)6-2-3-7-14)13(19)16-8-4-5-11(9-16)12(17)18/h11,20H,2-10H2,1H3,(H,17,18). The number of aliphatic hydroxyl groups is 1. The summed E-state index contributed by atoms with van der Waals surface area (Å²) >= 11 is 0. The van der Waals surface area contributed by atoms with E-state index in [4.69, 9.17) is 5.11 Å². The molecule has 1 unspecified atom stereocenters. The lowest BCUT2D eigenvalue weighted by molar-refractivity contribution is -0.143. The molecule has 2 rings (SSSR count). The maximum atomic E-state index is 12.3. The predicted molar refractivity (Wildman–Crippen MR) is 73.4 cm³/mol. The maximum Gasteiger partial charge on any atom is 0.319 e. The average Bonchev–Trinajstić information content (AvgIpc) is 2.84. The number of amides is 2. The number of carboxylic acid groups (broad SMARTS) is 1. The minimum atomic E-state index is -0.834. The Balaban J connectivity index is 1.91. The Labute approximate surface area is 119 Å². The molecule has 1 saturated heterocycles. The summed E-state index contributed by atoms with van der Waals surface area (Å²) in [4.78, 5) is 26.5. The lowest BCUT2D eigenvalue weighted by Gasteiger charge is -2.36. The van der Waals surface area contributed by atoms with Gasteiger partial charge in [-0.2, -0.15) is 0 Å². The van der Waals surface area contributed by atoms with Crippen LogP contribution in [-0.2, 0) is 4.79 Å². The van der Waals surface area contributed by atoms with Crippen molar-refractivity contribution >= 4 is 12.0 Å². The van der Waals surface area contributed by atoms with Crippen LogP contribution in [0.5, 0.6) is 0 Å². The Morgan fingerprint density at radius 1 is 1.30 bits per heavy atom. The Kier molecular flexibility index (Phi) is 4.52. The van der Waals surface area contributed by atoms with Crippen LogP contribution in [0.25, 0.3) is 0 Å². The number of hydrogen-bond acceptors (Lipinski definition) is 3. The molecule has 0 spiro atoms. The van der Waals surface area contributed by atoms with Gasteiger partial charge >= 0.3 is 12.0 Å². The van der Waals surface area contributed by atoms with Gasteiger partial charge < -0.3 is 20.0 Å². The van der Waals surface area contributed by atoms with E-state index in [-0.39, 0.29) is 12.6 Å². The number of likely N-dealkylation sites (tertiary alicyclic amines) is 1. The normalized spacial score (nSPS) is 25.5. The first-order chi connectivity index (χ1) is 9.41.